The van der Waals surface area contributed by atoms with Gasteiger partial charge < -0.3 is 9.47 Å². The van der Waals surface area contributed by atoms with Gasteiger partial charge in [-0.3, -0.25) is 9.80 Å². The molecule has 4 rings (SSSR count). The lowest BCUT2D eigenvalue weighted by atomic mass is 10.0. The smallest absolute Gasteiger partial charge is 0.231 e. The normalized spacial score (nSPS) is 29.6. The Morgan fingerprint density at radius 3 is 3.00 bits per heavy atom. The molecule has 0 N–H and O–H groups in total. The zero-order valence-corrected chi connectivity index (χ0v) is 12.0. The second kappa shape index (κ2) is 4.93. The Morgan fingerprint density at radius 1 is 1.15 bits per heavy atom. The van der Waals surface area contributed by atoms with Crippen LogP contribution in [0.15, 0.2) is 18.2 Å². The molecule has 0 spiro atoms. The molecule has 1 aromatic carbocycles. The monoisotopic (exact) mass is 274 g/mol. The molecule has 4 nitrogen and oxygen atoms in total. The molecule has 0 radical (unpaired) electrons. The highest BCUT2D eigenvalue weighted by molar-refractivity contribution is 5.44. The first-order valence-electron chi connectivity index (χ1n) is 7.68. The molecule has 0 aromatic heterocycles. The van der Waals surface area contributed by atoms with Gasteiger partial charge in [-0.25, -0.2) is 0 Å². The third-order valence-corrected chi connectivity index (χ3v) is 5.04. The largest absolute Gasteiger partial charge is 0.454 e. The van der Waals surface area contributed by atoms with E-state index in [-0.39, 0.29) is 0 Å². The minimum absolute atomic E-state index is 0.357. The molecule has 2 atom stereocenters. The van der Waals surface area contributed by atoms with E-state index in [0.717, 1.165) is 24.1 Å². The fraction of sp³-hybridized carbons (Fsp3) is 0.625. The molecule has 3 aliphatic rings. The van der Waals surface area contributed by atoms with Crippen molar-refractivity contribution in [2.75, 3.05) is 26.4 Å². The van der Waals surface area contributed by atoms with Crippen LogP contribution in [0.3, 0.4) is 0 Å². The average molecular weight is 274 g/mol. The number of rotatable bonds is 2. The van der Waals surface area contributed by atoms with Crippen molar-refractivity contribution >= 4 is 0 Å². The quantitative estimate of drug-likeness (QED) is 0.824. The second-order valence-electron chi connectivity index (χ2n) is 6.14. The molecule has 0 bridgehead atoms. The molecular formula is C16H22N2O2. The van der Waals surface area contributed by atoms with Crippen LogP contribution >= 0.6 is 0 Å². The number of fused-ring (bicyclic) bond motifs is 2. The predicted molar refractivity (Wildman–Crippen MR) is 77.0 cm³/mol. The summed E-state index contributed by atoms with van der Waals surface area (Å²) < 4.78 is 10.9. The van der Waals surface area contributed by atoms with Crippen LogP contribution in [0, 0.1) is 0 Å². The summed E-state index contributed by atoms with van der Waals surface area (Å²) in [6, 6.07) is 7.75. The molecule has 0 amide bonds. The molecule has 3 heterocycles. The summed E-state index contributed by atoms with van der Waals surface area (Å²) in [5.41, 5.74) is 1.33. The number of hydrogen-bond acceptors (Lipinski definition) is 4. The number of piperazine rings is 1. The first kappa shape index (κ1) is 12.5. The SMILES string of the molecule is C[C@@H]1[C@@H]2CCCN2CCN1Cc1ccc2c(c1)OCO2. The highest BCUT2D eigenvalue weighted by atomic mass is 16.7. The molecule has 0 saturated carbocycles. The standard InChI is InChI=1S/C16H22N2O2/c1-12-14-3-2-6-17(14)7-8-18(12)10-13-4-5-15-16(9-13)20-11-19-15/h4-5,9,12,14H,2-3,6-8,10-11H2,1H3/t12-,14+/m1/s1. The van der Waals surface area contributed by atoms with E-state index < -0.39 is 0 Å². The van der Waals surface area contributed by atoms with Crippen LogP contribution in [0.25, 0.3) is 0 Å². The Labute approximate surface area is 120 Å². The van der Waals surface area contributed by atoms with Crippen molar-refractivity contribution in [3.63, 3.8) is 0 Å². The van der Waals surface area contributed by atoms with Crippen molar-refractivity contribution in [1.82, 2.24) is 9.80 Å². The van der Waals surface area contributed by atoms with Crippen LogP contribution in [0.5, 0.6) is 11.5 Å². The van der Waals surface area contributed by atoms with E-state index in [9.17, 15) is 0 Å². The number of nitrogens with zero attached hydrogens (tertiary/aromatic N) is 2. The fourth-order valence-electron chi connectivity index (χ4n) is 3.88. The molecule has 3 aliphatic heterocycles. The van der Waals surface area contributed by atoms with Gasteiger partial charge in [0.25, 0.3) is 0 Å². The van der Waals surface area contributed by atoms with Gasteiger partial charge in [0.15, 0.2) is 11.5 Å². The summed E-state index contributed by atoms with van der Waals surface area (Å²) in [5.74, 6) is 1.78. The first-order valence-corrected chi connectivity index (χ1v) is 7.68. The number of ether oxygens (including phenoxy) is 2. The highest BCUT2D eigenvalue weighted by Gasteiger charge is 2.36. The zero-order valence-electron chi connectivity index (χ0n) is 12.0. The third kappa shape index (κ3) is 2.07. The van der Waals surface area contributed by atoms with Crippen molar-refractivity contribution in [2.45, 2.75) is 38.4 Å². The molecule has 0 aliphatic carbocycles. The third-order valence-electron chi connectivity index (χ3n) is 5.04. The molecule has 2 fully saturated rings. The van der Waals surface area contributed by atoms with Gasteiger partial charge in [-0.2, -0.15) is 0 Å². The fourth-order valence-corrected chi connectivity index (χ4v) is 3.88. The minimum Gasteiger partial charge on any atom is -0.454 e. The van der Waals surface area contributed by atoms with Gasteiger partial charge >= 0.3 is 0 Å². The Hall–Kier alpha value is -1.26. The number of hydrogen-bond donors (Lipinski definition) is 0. The van der Waals surface area contributed by atoms with Crippen molar-refractivity contribution in [1.29, 1.82) is 0 Å². The van der Waals surface area contributed by atoms with Gasteiger partial charge in [0.1, 0.15) is 0 Å². The lowest BCUT2D eigenvalue weighted by Gasteiger charge is -2.43. The Kier molecular flexibility index (Phi) is 3.08. The maximum Gasteiger partial charge on any atom is 0.231 e. The van der Waals surface area contributed by atoms with E-state index >= 15 is 0 Å². The predicted octanol–water partition coefficient (Wildman–Crippen LogP) is 2.08. The van der Waals surface area contributed by atoms with Crippen molar-refractivity contribution in [2.24, 2.45) is 0 Å². The van der Waals surface area contributed by atoms with Crippen molar-refractivity contribution < 1.29 is 9.47 Å². The van der Waals surface area contributed by atoms with E-state index in [4.69, 9.17) is 9.47 Å². The summed E-state index contributed by atoms with van der Waals surface area (Å²) in [5, 5.41) is 0. The summed E-state index contributed by atoms with van der Waals surface area (Å²) in [6.45, 7) is 7.45. The van der Waals surface area contributed by atoms with Gasteiger partial charge in [-0.05, 0) is 44.0 Å². The van der Waals surface area contributed by atoms with E-state index in [0.29, 0.717) is 12.8 Å². The van der Waals surface area contributed by atoms with Gasteiger partial charge in [-0.1, -0.05) is 6.07 Å². The second-order valence-corrected chi connectivity index (χ2v) is 6.14. The molecule has 108 valence electrons. The Bertz CT molecular complexity index is 505. The van der Waals surface area contributed by atoms with Crippen LogP contribution < -0.4 is 9.47 Å². The van der Waals surface area contributed by atoms with Crippen LogP contribution in [-0.4, -0.2) is 48.3 Å². The van der Waals surface area contributed by atoms with Gasteiger partial charge in [0, 0.05) is 31.7 Å². The molecular weight excluding hydrogens is 252 g/mol. The average Bonchev–Trinajstić information content (AvgIpc) is 3.10. The van der Waals surface area contributed by atoms with Crippen LogP contribution in [0.2, 0.25) is 0 Å². The molecule has 20 heavy (non-hydrogen) atoms. The van der Waals surface area contributed by atoms with Crippen LogP contribution in [0.4, 0.5) is 0 Å². The topological polar surface area (TPSA) is 24.9 Å². The van der Waals surface area contributed by atoms with Crippen LogP contribution in [0.1, 0.15) is 25.3 Å². The van der Waals surface area contributed by atoms with E-state index in [1.807, 2.05) is 6.07 Å². The Morgan fingerprint density at radius 2 is 2.05 bits per heavy atom. The lowest BCUT2D eigenvalue weighted by molar-refractivity contribution is 0.0470. The van der Waals surface area contributed by atoms with Gasteiger partial charge in [0.2, 0.25) is 6.79 Å². The van der Waals surface area contributed by atoms with E-state index in [2.05, 4.69) is 28.9 Å². The Balaban J connectivity index is 1.48. The summed E-state index contributed by atoms with van der Waals surface area (Å²) >= 11 is 0. The molecule has 0 unspecified atom stereocenters. The van der Waals surface area contributed by atoms with E-state index in [1.54, 1.807) is 0 Å². The maximum absolute atomic E-state index is 5.48. The molecule has 2 saturated heterocycles. The minimum atomic E-state index is 0.357. The summed E-state index contributed by atoms with van der Waals surface area (Å²) in [7, 11) is 0. The van der Waals surface area contributed by atoms with Crippen molar-refractivity contribution in [3.05, 3.63) is 23.8 Å². The maximum atomic E-state index is 5.48. The summed E-state index contributed by atoms with van der Waals surface area (Å²) in [6.07, 6.45) is 2.73. The lowest BCUT2D eigenvalue weighted by Crippen LogP contribution is -2.55. The van der Waals surface area contributed by atoms with Gasteiger partial charge in [0.05, 0.1) is 0 Å². The van der Waals surface area contributed by atoms with Crippen molar-refractivity contribution in [3.8, 4) is 11.5 Å². The highest BCUT2D eigenvalue weighted by Crippen LogP contribution is 2.34. The first-order chi connectivity index (χ1) is 9.81. The van der Waals surface area contributed by atoms with Gasteiger partial charge in [-0.15, -0.1) is 0 Å². The summed E-state index contributed by atoms with van der Waals surface area (Å²) in [4.78, 5) is 5.28. The zero-order chi connectivity index (χ0) is 13.5. The number of benzene rings is 1. The molecule has 1 aromatic rings. The van der Waals surface area contributed by atoms with Crippen LogP contribution in [-0.2, 0) is 6.54 Å². The van der Waals surface area contributed by atoms with E-state index in [1.165, 1.54) is 38.0 Å². The molecule has 4 heteroatoms.